The summed E-state index contributed by atoms with van der Waals surface area (Å²) >= 11 is 3.22. The van der Waals surface area contributed by atoms with Crippen molar-refractivity contribution >= 4 is 27.8 Å². The number of amides is 1. The first-order valence-corrected chi connectivity index (χ1v) is 6.74. The van der Waals surface area contributed by atoms with Gasteiger partial charge in [-0.25, -0.2) is 4.79 Å². The van der Waals surface area contributed by atoms with E-state index in [0.29, 0.717) is 11.1 Å². The van der Waals surface area contributed by atoms with E-state index in [-0.39, 0.29) is 25.3 Å². The zero-order chi connectivity index (χ0) is 14.7. The Kier molecular flexibility index (Phi) is 4.56. The summed E-state index contributed by atoms with van der Waals surface area (Å²) in [7, 11) is 0. The third-order valence-corrected chi connectivity index (χ3v) is 3.46. The van der Waals surface area contributed by atoms with Crippen LogP contribution in [0.5, 0.6) is 0 Å². The Labute approximate surface area is 122 Å². The van der Waals surface area contributed by atoms with Crippen molar-refractivity contribution in [1.29, 1.82) is 0 Å². The number of hydrogen-bond donors (Lipinski definition) is 1. The highest BCUT2D eigenvalue weighted by Crippen LogP contribution is 2.10. The molecule has 0 saturated carbocycles. The van der Waals surface area contributed by atoms with Crippen molar-refractivity contribution in [3.63, 3.8) is 0 Å². The first-order chi connectivity index (χ1) is 9.49. The van der Waals surface area contributed by atoms with E-state index >= 15 is 0 Å². The van der Waals surface area contributed by atoms with E-state index in [9.17, 15) is 14.4 Å². The Morgan fingerprint density at radius 1 is 1.45 bits per heavy atom. The molecular formula is C12H13BrN2O5. The lowest BCUT2D eigenvalue weighted by molar-refractivity contribution is -0.158. The van der Waals surface area contributed by atoms with Crippen LogP contribution >= 0.6 is 15.9 Å². The number of carbonyl (C=O) groups excluding carboxylic acids is 1. The number of ether oxygens (including phenoxy) is 1. The number of carboxylic acid groups (broad SMARTS) is 1. The molecule has 0 radical (unpaired) electrons. The summed E-state index contributed by atoms with van der Waals surface area (Å²) in [5.74, 6) is -1.53. The lowest BCUT2D eigenvalue weighted by Gasteiger charge is -2.33. The van der Waals surface area contributed by atoms with Crippen LogP contribution in [0, 0.1) is 0 Å². The van der Waals surface area contributed by atoms with Crippen molar-refractivity contribution in [3.05, 3.63) is 33.2 Å². The van der Waals surface area contributed by atoms with Gasteiger partial charge in [-0.05, 0) is 22.0 Å². The van der Waals surface area contributed by atoms with Crippen molar-refractivity contribution < 1.29 is 19.4 Å². The molecule has 2 rings (SSSR count). The molecule has 1 fully saturated rings. The molecule has 0 bridgehead atoms. The minimum atomic E-state index is -1.11. The van der Waals surface area contributed by atoms with Gasteiger partial charge in [-0.3, -0.25) is 9.59 Å². The van der Waals surface area contributed by atoms with Crippen molar-refractivity contribution in [2.45, 2.75) is 12.6 Å². The van der Waals surface area contributed by atoms with E-state index in [4.69, 9.17) is 9.84 Å². The second-order valence-electron chi connectivity index (χ2n) is 4.33. The quantitative estimate of drug-likeness (QED) is 0.828. The van der Waals surface area contributed by atoms with Crippen molar-refractivity contribution in [1.82, 2.24) is 9.47 Å². The number of carbonyl (C=O) groups is 2. The van der Waals surface area contributed by atoms with E-state index in [1.807, 2.05) is 0 Å². The van der Waals surface area contributed by atoms with Crippen LogP contribution in [-0.2, 0) is 20.9 Å². The molecule has 2 heterocycles. The van der Waals surface area contributed by atoms with Gasteiger partial charge >= 0.3 is 5.97 Å². The zero-order valence-electron chi connectivity index (χ0n) is 10.5. The molecule has 1 unspecified atom stereocenters. The second-order valence-corrected chi connectivity index (χ2v) is 5.25. The Morgan fingerprint density at radius 2 is 2.20 bits per heavy atom. The molecule has 20 heavy (non-hydrogen) atoms. The molecule has 0 spiro atoms. The SMILES string of the molecule is O=C(O)C1COCCN1C(=O)Cn1cc(Br)ccc1=O. The molecule has 1 aromatic rings. The predicted octanol–water partition coefficient (Wildman–Crippen LogP) is -0.0772. The minimum absolute atomic E-state index is 0.0333. The third-order valence-electron chi connectivity index (χ3n) is 2.99. The molecule has 0 aliphatic carbocycles. The Morgan fingerprint density at radius 3 is 2.90 bits per heavy atom. The first-order valence-electron chi connectivity index (χ1n) is 5.95. The maximum absolute atomic E-state index is 12.2. The number of aliphatic carboxylic acids is 1. The lowest BCUT2D eigenvalue weighted by atomic mass is 10.2. The average Bonchev–Trinajstić information content (AvgIpc) is 2.42. The van der Waals surface area contributed by atoms with Crippen LogP contribution in [0.15, 0.2) is 27.6 Å². The molecule has 1 aliphatic rings. The van der Waals surface area contributed by atoms with Gasteiger partial charge in [0.05, 0.1) is 13.2 Å². The third kappa shape index (κ3) is 3.26. The van der Waals surface area contributed by atoms with Gasteiger partial charge in [0.2, 0.25) is 5.91 Å². The monoisotopic (exact) mass is 344 g/mol. The summed E-state index contributed by atoms with van der Waals surface area (Å²) in [6.45, 7) is 0.276. The van der Waals surface area contributed by atoms with E-state index in [2.05, 4.69) is 15.9 Å². The number of morpholine rings is 1. The molecule has 1 amide bonds. The Bertz CT molecular complexity index is 585. The summed E-state index contributed by atoms with van der Waals surface area (Å²) < 4.78 is 6.97. The van der Waals surface area contributed by atoms with Gasteiger partial charge in [-0.15, -0.1) is 0 Å². The molecule has 1 saturated heterocycles. The summed E-state index contributed by atoms with van der Waals surface area (Å²) in [5.41, 5.74) is -0.318. The number of nitrogens with zero attached hydrogens (tertiary/aromatic N) is 2. The van der Waals surface area contributed by atoms with Gasteiger partial charge < -0.3 is 19.3 Å². The normalized spacial score (nSPS) is 18.9. The Balaban J connectivity index is 2.16. The van der Waals surface area contributed by atoms with Crippen LogP contribution in [0.3, 0.4) is 0 Å². The van der Waals surface area contributed by atoms with Crippen molar-refractivity contribution in [2.24, 2.45) is 0 Å². The average molecular weight is 345 g/mol. The molecule has 1 aliphatic heterocycles. The number of hydrogen-bond acceptors (Lipinski definition) is 4. The standard InChI is InChI=1S/C12H13BrN2O5/c13-8-1-2-10(16)14(5-8)6-11(17)15-3-4-20-7-9(15)12(18)19/h1-2,5,9H,3-4,6-7H2,(H,18,19). The predicted molar refractivity (Wildman–Crippen MR) is 72.4 cm³/mol. The summed E-state index contributed by atoms with van der Waals surface area (Å²) in [6.07, 6.45) is 1.50. The fourth-order valence-corrected chi connectivity index (χ4v) is 2.35. The number of rotatable bonds is 3. The highest BCUT2D eigenvalue weighted by atomic mass is 79.9. The van der Waals surface area contributed by atoms with Crippen molar-refractivity contribution in [3.8, 4) is 0 Å². The summed E-state index contributed by atoms with van der Waals surface area (Å²) in [6, 6.07) is 1.92. The van der Waals surface area contributed by atoms with E-state index < -0.39 is 17.9 Å². The Hall–Kier alpha value is -1.67. The number of halogens is 1. The van der Waals surface area contributed by atoms with Gasteiger partial charge in [-0.1, -0.05) is 0 Å². The second kappa shape index (κ2) is 6.19. The van der Waals surface area contributed by atoms with Crippen LogP contribution in [0.2, 0.25) is 0 Å². The molecule has 1 atom stereocenters. The van der Waals surface area contributed by atoms with Crippen LogP contribution in [0.25, 0.3) is 0 Å². The molecule has 0 aromatic carbocycles. The molecule has 1 aromatic heterocycles. The maximum Gasteiger partial charge on any atom is 0.328 e. The smallest absolute Gasteiger partial charge is 0.328 e. The summed E-state index contributed by atoms with van der Waals surface area (Å²) in [5, 5.41) is 9.07. The van der Waals surface area contributed by atoms with Crippen LogP contribution in [0.1, 0.15) is 0 Å². The molecular weight excluding hydrogens is 332 g/mol. The zero-order valence-corrected chi connectivity index (χ0v) is 12.1. The molecule has 7 nitrogen and oxygen atoms in total. The fraction of sp³-hybridized carbons (Fsp3) is 0.417. The molecule has 1 N–H and O–H groups in total. The van der Waals surface area contributed by atoms with Crippen molar-refractivity contribution in [2.75, 3.05) is 19.8 Å². The van der Waals surface area contributed by atoms with E-state index in [1.54, 1.807) is 6.07 Å². The number of aromatic nitrogens is 1. The minimum Gasteiger partial charge on any atom is -0.480 e. The van der Waals surface area contributed by atoms with Gasteiger partial charge in [0.15, 0.2) is 6.04 Å². The van der Waals surface area contributed by atoms with Crippen LogP contribution < -0.4 is 5.56 Å². The topological polar surface area (TPSA) is 88.8 Å². The summed E-state index contributed by atoms with van der Waals surface area (Å²) in [4.78, 5) is 36.1. The van der Waals surface area contributed by atoms with Gasteiger partial charge in [-0.2, -0.15) is 0 Å². The van der Waals surface area contributed by atoms with Gasteiger partial charge in [0.1, 0.15) is 6.54 Å². The number of pyridine rings is 1. The van der Waals surface area contributed by atoms with Crippen LogP contribution in [0.4, 0.5) is 0 Å². The lowest BCUT2D eigenvalue weighted by Crippen LogP contribution is -2.53. The largest absolute Gasteiger partial charge is 0.480 e. The van der Waals surface area contributed by atoms with E-state index in [0.717, 1.165) is 0 Å². The molecule has 8 heteroatoms. The fourth-order valence-electron chi connectivity index (χ4n) is 1.97. The van der Waals surface area contributed by atoms with Crippen LogP contribution in [-0.4, -0.2) is 52.3 Å². The highest BCUT2D eigenvalue weighted by molar-refractivity contribution is 9.10. The van der Waals surface area contributed by atoms with Gasteiger partial charge in [0, 0.05) is 23.3 Å². The van der Waals surface area contributed by atoms with Gasteiger partial charge in [0.25, 0.3) is 5.56 Å². The highest BCUT2D eigenvalue weighted by Gasteiger charge is 2.32. The first kappa shape index (κ1) is 14.7. The van der Waals surface area contributed by atoms with E-state index in [1.165, 1.54) is 21.7 Å². The molecule has 108 valence electrons. The number of carboxylic acids is 1. The maximum atomic E-state index is 12.2.